The first kappa shape index (κ1) is 23.5. The number of carbonyl (C=O) groups excluding carboxylic acids is 2. The molecule has 0 radical (unpaired) electrons. The normalized spacial score (nSPS) is 11.1. The van der Waals surface area contributed by atoms with E-state index in [2.05, 4.69) is 9.97 Å². The van der Waals surface area contributed by atoms with Crippen molar-refractivity contribution in [1.82, 2.24) is 24.2 Å². The number of benzene rings is 1. The predicted molar refractivity (Wildman–Crippen MR) is 125 cm³/mol. The minimum Gasteiger partial charge on any atom is -0.398 e. The van der Waals surface area contributed by atoms with Crippen LogP contribution >= 0.6 is 11.6 Å². The number of hydrogen-bond acceptors (Lipinski definition) is 6. The van der Waals surface area contributed by atoms with E-state index >= 15 is 0 Å². The zero-order valence-electron chi connectivity index (χ0n) is 18.7. The molecule has 9 nitrogen and oxygen atoms in total. The third-order valence-corrected chi connectivity index (χ3v) is 5.72. The van der Waals surface area contributed by atoms with Gasteiger partial charge in [-0.1, -0.05) is 11.6 Å². The molecule has 0 saturated heterocycles. The molecule has 3 rings (SSSR count). The van der Waals surface area contributed by atoms with Crippen LogP contribution in [0, 0.1) is 6.92 Å². The van der Waals surface area contributed by atoms with Crippen molar-refractivity contribution >= 4 is 34.9 Å². The third-order valence-electron chi connectivity index (χ3n) is 5.49. The van der Waals surface area contributed by atoms with E-state index in [1.54, 1.807) is 39.6 Å². The van der Waals surface area contributed by atoms with Crippen molar-refractivity contribution in [2.24, 2.45) is 5.73 Å². The highest BCUT2D eigenvalue weighted by atomic mass is 35.5. The molecule has 0 aliphatic heterocycles. The number of likely N-dealkylation sites (N-methyl/N-ethyl adjacent to an activating group) is 2. The highest BCUT2D eigenvalue weighted by Gasteiger charge is 2.22. The average molecular weight is 458 g/mol. The molecule has 0 aliphatic carbocycles. The number of fused-ring (bicyclic) bond motifs is 1. The van der Waals surface area contributed by atoms with E-state index in [0.29, 0.717) is 41.8 Å². The van der Waals surface area contributed by atoms with Gasteiger partial charge in [0.1, 0.15) is 5.69 Å². The number of rotatable bonds is 7. The standard InChI is InChI=1S/C22H28ClN7O2/c1-5-29(14(3)31)9-8-28(4)21(32)19-12-30-20(16-7-6-15(23)10-18(16)25)17(11-24)13(2)26-22(30)27-19/h6-7,10,12H,5,8-9,11,24-25H2,1-4H3. The summed E-state index contributed by atoms with van der Waals surface area (Å²) in [6.45, 7) is 6.93. The fourth-order valence-corrected chi connectivity index (χ4v) is 3.82. The fraction of sp³-hybridized carbons (Fsp3) is 0.364. The van der Waals surface area contributed by atoms with Gasteiger partial charge >= 0.3 is 0 Å². The first-order valence-corrected chi connectivity index (χ1v) is 10.7. The Bertz CT molecular complexity index is 1170. The smallest absolute Gasteiger partial charge is 0.273 e. The maximum Gasteiger partial charge on any atom is 0.273 e. The lowest BCUT2D eigenvalue weighted by molar-refractivity contribution is -0.128. The maximum absolute atomic E-state index is 13.0. The third kappa shape index (κ3) is 4.53. The van der Waals surface area contributed by atoms with Gasteiger partial charge < -0.3 is 21.3 Å². The molecule has 0 atom stereocenters. The van der Waals surface area contributed by atoms with Crippen molar-refractivity contribution < 1.29 is 9.59 Å². The number of nitrogen functional groups attached to an aromatic ring is 1. The molecule has 0 spiro atoms. The molecular formula is C22H28ClN7O2. The van der Waals surface area contributed by atoms with E-state index in [0.717, 1.165) is 16.8 Å². The van der Waals surface area contributed by atoms with Crippen molar-refractivity contribution in [2.75, 3.05) is 32.4 Å². The molecule has 10 heteroatoms. The summed E-state index contributed by atoms with van der Waals surface area (Å²) in [5.74, 6) is 0.0806. The van der Waals surface area contributed by atoms with Crippen molar-refractivity contribution in [3.8, 4) is 11.3 Å². The molecule has 4 N–H and O–H groups in total. The monoisotopic (exact) mass is 457 g/mol. The van der Waals surface area contributed by atoms with E-state index in [9.17, 15) is 9.59 Å². The minimum atomic E-state index is -0.267. The largest absolute Gasteiger partial charge is 0.398 e. The average Bonchev–Trinajstić information content (AvgIpc) is 3.16. The summed E-state index contributed by atoms with van der Waals surface area (Å²) in [5.41, 5.74) is 16.0. The molecule has 0 fully saturated rings. The van der Waals surface area contributed by atoms with E-state index in [-0.39, 0.29) is 24.1 Å². The van der Waals surface area contributed by atoms with E-state index in [1.807, 2.05) is 19.9 Å². The lowest BCUT2D eigenvalue weighted by atomic mass is 10.0. The number of anilines is 1. The van der Waals surface area contributed by atoms with Crippen LogP contribution in [0.4, 0.5) is 5.69 Å². The van der Waals surface area contributed by atoms with Gasteiger partial charge in [-0.2, -0.15) is 0 Å². The zero-order chi connectivity index (χ0) is 23.6. The van der Waals surface area contributed by atoms with E-state index in [1.165, 1.54) is 6.92 Å². The lowest BCUT2D eigenvalue weighted by Crippen LogP contribution is -2.38. The highest BCUT2D eigenvalue weighted by Crippen LogP contribution is 2.32. The SMILES string of the molecule is CCN(CCN(C)C(=O)c1cn2c(-c3ccc(Cl)cc3N)c(CN)c(C)nc2n1)C(C)=O. The van der Waals surface area contributed by atoms with Crippen molar-refractivity contribution in [2.45, 2.75) is 27.3 Å². The zero-order valence-corrected chi connectivity index (χ0v) is 19.5. The minimum absolute atomic E-state index is 0.0275. The summed E-state index contributed by atoms with van der Waals surface area (Å²) in [7, 11) is 1.68. The van der Waals surface area contributed by atoms with Gasteiger partial charge in [-0.15, -0.1) is 0 Å². The molecule has 3 aromatic rings. The van der Waals surface area contributed by atoms with Crippen LogP contribution in [-0.4, -0.2) is 62.7 Å². The van der Waals surface area contributed by atoms with E-state index in [4.69, 9.17) is 23.1 Å². The van der Waals surface area contributed by atoms with Crippen LogP contribution in [0.5, 0.6) is 0 Å². The Morgan fingerprint density at radius 2 is 1.94 bits per heavy atom. The van der Waals surface area contributed by atoms with Gasteiger partial charge in [0, 0.05) is 73.9 Å². The van der Waals surface area contributed by atoms with Crippen LogP contribution in [0.15, 0.2) is 24.4 Å². The molecule has 2 aromatic heterocycles. The molecule has 2 amide bonds. The van der Waals surface area contributed by atoms with Gasteiger partial charge in [0.25, 0.3) is 5.91 Å². The van der Waals surface area contributed by atoms with Crippen LogP contribution in [0.1, 0.15) is 35.6 Å². The molecule has 0 bridgehead atoms. The number of carbonyl (C=O) groups is 2. The van der Waals surface area contributed by atoms with Gasteiger partial charge in [-0.25, -0.2) is 9.97 Å². The first-order chi connectivity index (χ1) is 15.2. The summed E-state index contributed by atoms with van der Waals surface area (Å²) in [6.07, 6.45) is 1.64. The number of amides is 2. The second-order valence-corrected chi connectivity index (χ2v) is 8.02. The number of nitrogens with zero attached hydrogens (tertiary/aromatic N) is 5. The summed E-state index contributed by atoms with van der Waals surface area (Å²) >= 11 is 6.08. The van der Waals surface area contributed by atoms with Crippen LogP contribution in [0.3, 0.4) is 0 Å². The second-order valence-electron chi connectivity index (χ2n) is 7.58. The van der Waals surface area contributed by atoms with Gasteiger partial charge in [-0.05, 0) is 32.0 Å². The Labute approximate surface area is 192 Å². The molecule has 170 valence electrons. The Hall–Kier alpha value is -3.17. The summed E-state index contributed by atoms with van der Waals surface area (Å²) in [4.78, 5) is 36.9. The maximum atomic E-state index is 13.0. The van der Waals surface area contributed by atoms with Gasteiger partial charge in [0.05, 0.1) is 5.69 Å². The summed E-state index contributed by atoms with van der Waals surface area (Å²) in [6, 6.07) is 5.24. The quantitative estimate of drug-likeness (QED) is 0.525. The predicted octanol–water partition coefficient (Wildman–Crippen LogP) is 2.34. The Morgan fingerprint density at radius 1 is 1.22 bits per heavy atom. The molecule has 2 heterocycles. The lowest BCUT2D eigenvalue weighted by Gasteiger charge is -2.23. The Morgan fingerprint density at radius 3 is 2.53 bits per heavy atom. The van der Waals surface area contributed by atoms with Crippen LogP contribution in [0.25, 0.3) is 17.0 Å². The van der Waals surface area contributed by atoms with Crippen LogP contribution in [0.2, 0.25) is 5.02 Å². The number of nitrogens with two attached hydrogens (primary N) is 2. The number of imidazole rings is 1. The molecular weight excluding hydrogens is 430 g/mol. The number of aromatic nitrogens is 3. The topological polar surface area (TPSA) is 123 Å². The summed E-state index contributed by atoms with van der Waals surface area (Å²) in [5, 5.41) is 0.525. The molecule has 0 saturated carbocycles. The van der Waals surface area contributed by atoms with Crippen molar-refractivity contribution in [3.05, 3.63) is 46.4 Å². The van der Waals surface area contributed by atoms with Crippen molar-refractivity contribution in [1.29, 1.82) is 0 Å². The van der Waals surface area contributed by atoms with Crippen molar-refractivity contribution in [3.63, 3.8) is 0 Å². The Balaban J connectivity index is 2.03. The molecule has 1 aromatic carbocycles. The summed E-state index contributed by atoms with van der Waals surface area (Å²) < 4.78 is 1.74. The number of aryl methyl sites for hydroxylation is 1. The van der Waals surface area contributed by atoms with Crippen LogP contribution < -0.4 is 11.5 Å². The van der Waals surface area contributed by atoms with Gasteiger partial charge in [-0.3, -0.25) is 14.0 Å². The first-order valence-electron chi connectivity index (χ1n) is 10.3. The molecule has 0 unspecified atom stereocenters. The second kappa shape index (κ2) is 9.54. The molecule has 0 aliphatic rings. The van der Waals surface area contributed by atoms with E-state index < -0.39 is 0 Å². The molecule has 32 heavy (non-hydrogen) atoms. The number of halogens is 1. The Kier molecular flexibility index (Phi) is 7.00. The van der Waals surface area contributed by atoms with Crippen LogP contribution in [-0.2, 0) is 11.3 Å². The highest BCUT2D eigenvalue weighted by molar-refractivity contribution is 6.31. The van der Waals surface area contributed by atoms with Gasteiger partial charge in [0.15, 0.2) is 0 Å². The van der Waals surface area contributed by atoms with Gasteiger partial charge in [0.2, 0.25) is 11.7 Å². The fourth-order valence-electron chi connectivity index (χ4n) is 3.64. The number of hydrogen-bond donors (Lipinski definition) is 2.